The second-order valence-corrected chi connectivity index (χ2v) is 10.8. The van der Waals surface area contributed by atoms with Gasteiger partial charge in [0.2, 0.25) is 15.7 Å². The SMILES string of the molecule is COc1ccc2c(c1)NC(=O)C2=Cc1[nH]c(C)c(S(=O)(=O)c2ccccc2C(=O)O)c1CCC(=O)N(C)C. The molecule has 4 rings (SSSR count). The molecule has 0 atom stereocenters. The quantitative estimate of drug-likeness (QED) is 0.374. The van der Waals surface area contributed by atoms with E-state index in [2.05, 4.69) is 10.3 Å². The van der Waals surface area contributed by atoms with Gasteiger partial charge in [-0.25, -0.2) is 13.2 Å². The first kappa shape index (κ1) is 26.7. The highest BCUT2D eigenvalue weighted by molar-refractivity contribution is 7.91. The molecule has 0 fully saturated rings. The van der Waals surface area contributed by atoms with E-state index in [1.54, 1.807) is 45.3 Å². The first-order valence-corrected chi connectivity index (χ1v) is 13.1. The molecule has 0 saturated carbocycles. The number of nitrogens with zero attached hydrogens (tertiary/aromatic N) is 1. The first-order valence-electron chi connectivity index (χ1n) is 11.7. The van der Waals surface area contributed by atoms with Crippen molar-refractivity contribution in [3.63, 3.8) is 0 Å². The molecule has 3 N–H and O–H groups in total. The van der Waals surface area contributed by atoms with Crippen molar-refractivity contribution in [1.29, 1.82) is 0 Å². The summed E-state index contributed by atoms with van der Waals surface area (Å²) in [5.41, 5.74) is 2.00. The first-order chi connectivity index (χ1) is 17.9. The number of nitrogens with one attached hydrogen (secondary N) is 2. The van der Waals surface area contributed by atoms with Gasteiger partial charge in [-0.05, 0) is 49.2 Å². The molecule has 2 heterocycles. The summed E-state index contributed by atoms with van der Waals surface area (Å²) < 4.78 is 33.0. The second kappa shape index (κ2) is 10.2. The van der Waals surface area contributed by atoms with E-state index in [4.69, 9.17) is 4.74 Å². The summed E-state index contributed by atoms with van der Waals surface area (Å²) in [5, 5.41) is 12.4. The number of aryl methyl sites for hydroxylation is 1. The lowest BCUT2D eigenvalue weighted by atomic mass is 10.0. The molecule has 38 heavy (non-hydrogen) atoms. The van der Waals surface area contributed by atoms with Gasteiger partial charge in [-0.1, -0.05) is 12.1 Å². The van der Waals surface area contributed by atoms with Crippen LogP contribution in [0.25, 0.3) is 11.6 Å². The fourth-order valence-corrected chi connectivity index (χ4v) is 6.36. The molecule has 198 valence electrons. The molecule has 0 bridgehead atoms. The van der Waals surface area contributed by atoms with E-state index in [1.165, 1.54) is 36.3 Å². The zero-order valence-corrected chi connectivity index (χ0v) is 22.1. The van der Waals surface area contributed by atoms with E-state index >= 15 is 0 Å². The number of carboxylic acid groups (broad SMARTS) is 1. The second-order valence-electron chi connectivity index (χ2n) is 8.99. The van der Waals surface area contributed by atoms with Gasteiger partial charge in [0.1, 0.15) is 5.75 Å². The Labute approximate surface area is 219 Å². The van der Waals surface area contributed by atoms with E-state index < -0.39 is 15.8 Å². The standard InChI is InChI=1S/C27H27N3O7S/c1-15-25(38(35,36)23-8-6-5-7-19(23)27(33)34)18(11-12-24(31)30(2)3)22(28-15)14-20-17-10-9-16(37-4)13-21(17)29-26(20)32/h5-10,13-14,28H,11-12H2,1-4H3,(H,29,32)(H,33,34). The molecule has 1 aromatic heterocycles. The molecule has 0 unspecified atom stereocenters. The van der Waals surface area contributed by atoms with Crippen LogP contribution >= 0.6 is 0 Å². The minimum absolute atomic E-state index is 0.00352. The van der Waals surface area contributed by atoms with Crippen LogP contribution in [-0.4, -0.2) is 62.4 Å². The Bertz CT molecular complexity index is 1600. The zero-order chi connectivity index (χ0) is 27.8. The van der Waals surface area contributed by atoms with Crippen LogP contribution in [0, 0.1) is 6.92 Å². The van der Waals surface area contributed by atoms with Crippen LogP contribution in [0.1, 0.15) is 39.3 Å². The average Bonchev–Trinajstić information content (AvgIpc) is 3.37. The number of sulfone groups is 1. The number of benzene rings is 2. The number of aromatic carboxylic acids is 1. The third-order valence-electron chi connectivity index (χ3n) is 6.32. The number of hydrogen-bond donors (Lipinski definition) is 3. The normalized spacial score (nSPS) is 13.8. The number of methoxy groups -OCH3 is 1. The van der Waals surface area contributed by atoms with Crippen molar-refractivity contribution in [2.24, 2.45) is 0 Å². The largest absolute Gasteiger partial charge is 0.497 e. The van der Waals surface area contributed by atoms with Crippen molar-refractivity contribution in [2.75, 3.05) is 26.5 Å². The van der Waals surface area contributed by atoms with Gasteiger partial charge in [-0.2, -0.15) is 0 Å². The third kappa shape index (κ3) is 4.80. The number of amides is 2. The zero-order valence-electron chi connectivity index (χ0n) is 21.3. The van der Waals surface area contributed by atoms with Crippen LogP contribution in [0.5, 0.6) is 5.75 Å². The fourth-order valence-electron chi connectivity index (χ4n) is 4.45. The smallest absolute Gasteiger partial charge is 0.337 e. The van der Waals surface area contributed by atoms with E-state index in [9.17, 15) is 27.9 Å². The number of aromatic amines is 1. The monoisotopic (exact) mass is 537 g/mol. The van der Waals surface area contributed by atoms with Gasteiger partial charge in [-0.15, -0.1) is 0 Å². The highest BCUT2D eigenvalue weighted by Crippen LogP contribution is 2.38. The lowest BCUT2D eigenvalue weighted by Gasteiger charge is -2.13. The Hall–Kier alpha value is -4.38. The Morgan fingerprint density at radius 2 is 1.84 bits per heavy atom. The Morgan fingerprint density at radius 3 is 2.50 bits per heavy atom. The van der Waals surface area contributed by atoms with Gasteiger partial charge < -0.3 is 25.0 Å². The van der Waals surface area contributed by atoms with E-state index in [1.807, 2.05) is 0 Å². The number of hydrogen-bond acceptors (Lipinski definition) is 6. The number of H-pyrrole nitrogens is 1. The van der Waals surface area contributed by atoms with Gasteiger partial charge in [-0.3, -0.25) is 9.59 Å². The number of anilines is 1. The van der Waals surface area contributed by atoms with Crippen LogP contribution < -0.4 is 10.1 Å². The molecule has 2 amide bonds. The summed E-state index contributed by atoms with van der Waals surface area (Å²) in [5.74, 6) is -1.41. The number of carbonyl (C=O) groups is 3. The average molecular weight is 538 g/mol. The lowest BCUT2D eigenvalue weighted by molar-refractivity contribution is -0.128. The molecule has 3 aromatic rings. The minimum Gasteiger partial charge on any atom is -0.497 e. The van der Waals surface area contributed by atoms with Crippen LogP contribution in [-0.2, 0) is 25.8 Å². The molecule has 11 heteroatoms. The van der Waals surface area contributed by atoms with Crippen LogP contribution in [0.3, 0.4) is 0 Å². The maximum Gasteiger partial charge on any atom is 0.337 e. The molecular weight excluding hydrogens is 510 g/mol. The van der Waals surface area contributed by atoms with Crippen molar-refractivity contribution in [2.45, 2.75) is 29.6 Å². The lowest BCUT2D eigenvalue weighted by Crippen LogP contribution is -2.22. The Balaban J connectivity index is 1.91. The number of carbonyl (C=O) groups excluding carboxylic acids is 2. The summed E-state index contributed by atoms with van der Waals surface area (Å²) >= 11 is 0. The minimum atomic E-state index is -4.32. The summed E-state index contributed by atoms with van der Waals surface area (Å²) in [6.45, 7) is 1.56. The number of aromatic nitrogens is 1. The molecule has 1 aliphatic rings. The highest BCUT2D eigenvalue weighted by Gasteiger charge is 2.32. The van der Waals surface area contributed by atoms with Gasteiger partial charge in [0, 0.05) is 43.5 Å². The van der Waals surface area contributed by atoms with Gasteiger partial charge >= 0.3 is 5.97 Å². The number of rotatable bonds is 8. The van der Waals surface area contributed by atoms with Crippen molar-refractivity contribution in [3.05, 3.63) is 70.5 Å². The maximum atomic E-state index is 13.9. The summed E-state index contributed by atoms with van der Waals surface area (Å²) in [7, 11) is 0.393. The number of ether oxygens (including phenoxy) is 1. The summed E-state index contributed by atoms with van der Waals surface area (Å²) in [6.07, 6.45) is 1.60. The van der Waals surface area contributed by atoms with E-state index in [0.717, 1.165) is 0 Å². The number of carboxylic acids is 1. The van der Waals surface area contributed by atoms with Crippen molar-refractivity contribution in [3.8, 4) is 5.75 Å². The molecule has 1 aliphatic heterocycles. The third-order valence-corrected chi connectivity index (χ3v) is 8.35. The molecule has 0 spiro atoms. The predicted octanol–water partition coefficient (Wildman–Crippen LogP) is 3.38. The summed E-state index contributed by atoms with van der Waals surface area (Å²) in [6, 6.07) is 10.5. The topological polar surface area (TPSA) is 146 Å². The van der Waals surface area contributed by atoms with Gasteiger partial charge in [0.15, 0.2) is 0 Å². The maximum absolute atomic E-state index is 13.9. The van der Waals surface area contributed by atoms with Crippen molar-refractivity contribution < 1.29 is 32.6 Å². The molecule has 0 saturated heterocycles. The van der Waals surface area contributed by atoms with E-state index in [0.29, 0.717) is 33.8 Å². The fraction of sp³-hybridized carbons (Fsp3) is 0.222. The van der Waals surface area contributed by atoms with E-state index in [-0.39, 0.29) is 45.7 Å². The van der Waals surface area contributed by atoms with Crippen LogP contribution in [0.15, 0.2) is 52.3 Å². The highest BCUT2D eigenvalue weighted by atomic mass is 32.2. The Morgan fingerprint density at radius 1 is 1.13 bits per heavy atom. The van der Waals surface area contributed by atoms with Gasteiger partial charge in [0.05, 0.1) is 33.7 Å². The predicted molar refractivity (Wildman–Crippen MR) is 141 cm³/mol. The molecule has 2 aromatic carbocycles. The van der Waals surface area contributed by atoms with Crippen molar-refractivity contribution in [1.82, 2.24) is 9.88 Å². The van der Waals surface area contributed by atoms with Crippen LogP contribution in [0.2, 0.25) is 0 Å². The molecular formula is C27H27N3O7S. The number of fused-ring (bicyclic) bond motifs is 1. The Kier molecular flexibility index (Phi) is 7.14. The molecule has 0 radical (unpaired) electrons. The molecule has 0 aliphatic carbocycles. The van der Waals surface area contributed by atoms with Crippen LogP contribution in [0.4, 0.5) is 5.69 Å². The molecule has 10 nitrogen and oxygen atoms in total. The van der Waals surface area contributed by atoms with Gasteiger partial charge in [0.25, 0.3) is 5.91 Å². The van der Waals surface area contributed by atoms with Crippen molar-refractivity contribution >= 4 is 45.0 Å². The summed E-state index contributed by atoms with van der Waals surface area (Å²) in [4.78, 5) is 41.1.